The minimum atomic E-state index is -0.118. The first kappa shape index (κ1) is 22.0. The molecule has 30 heavy (non-hydrogen) atoms. The number of aromatic nitrogens is 2. The van der Waals surface area contributed by atoms with Crippen molar-refractivity contribution in [3.05, 3.63) is 47.0 Å². The lowest BCUT2D eigenvalue weighted by molar-refractivity contribution is 0.0936. The fourth-order valence-corrected chi connectivity index (χ4v) is 4.00. The van der Waals surface area contributed by atoms with E-state index >= 15 is 0 Å². The van der Waals surface area contributed by atoms with Crippen molar-refractivity contribution in [3.63, 3.8) is 0 Å². The van der Waals surface area contributed by atoms with E-state index in [1.165, 1.54) is 0 Å². The van der Waals surface area contributed by atoms with E-state index in [9.17, 15) is 4.79 Å². The molecule has 2 heterocycles. The summed E-state index contributed by atoms with van der Waals surface area (Å²) in [5.41, 5.74) is 4.28. The maximum Gasteiger partial charge on any atom is 0.253 e. The fraction of sp³-hybridized carbons (Fsp3) is 0.364. The molecule has 2 aromatic heterocycles. The van der Waals surface area contributed by atoms with E-state index in [-0.39, 0.29) is 5.91 Å². The second kappa shape index (κ2) is 10.4. The molecule has 7 nitrogen and oxygen atoms in total. The summed E-state index contributed by atoms with van der Waals surface area (Å²) >= 11 is 1.57. The number of methoxy groups -OCH3 is 3. The summed E-state index contributed by atoms with van der Waals surface area (Å²) in [6.45, 7) is 4.06. The number of ether oxygens (including phenoxy) is 3. The molecule has 0 unspecified atom stereocenters. The number of benzene rings is 1. The van der Waals surface area contributed by atoms with Crippen LogP contribution in [0.1, 0.15) is 16.1 Å². The van der Waals surface area contributed by atoms with E-state index in [1.54, 1.807) is 32.7 Å². The van der Waals surface area contributed by atoms with Gasteiger partial charge in [-0.25, -0.2) is 4.98 Å². The van der Waals surface area contributed by atoms with Gasteiger partial charge in [-0.3, -0.25) is 4.79 Å². The zero-order valence-electron chi connectivity index (χ0n) is 17.7. The Morgan fingerprint density at radius 1 is 1.13 bits per heavy atom. The van der Waals surface area contributed by atoms with E-state index in [0.717, 1.165) is 33.4 Å². The molecule has 160 valence electrons. The van der Waals surface area contributed by atoms with Gasteiger partial charge < -0.3 is 24.1 Å². The average Bonchev–Trinajstić information content (AvgIpc) is 3.37. The SMILES string of the molecule is COCCNC(=O)c1cc(-c2csc(-c3ccc(OC)cc3)n2)n(CCOC)c1C. The van der Waals surface area contributed by atoms with Gasteiger partial charge in [0.2, 0.25) is 0 Å². The number of thiazole rings is 1. The molecule has 0 saturated heterocycles. The van der Waals surface area contributed by atoms with Crippen LogP contribution in [0.15, 0.2) is 35.7 Å². The van der Waals surface area contributed by atoms with E-state index in [1.807, 2.05) is 42.6 Å². The smallest absolute Gasteiger partial charge is 0.253 e. The number of carbonyl (C=O) groups is 1. The molecular weight excluding hydrogens is 402 g/mol. The molecule has 1 aromatic carbocycles. The molecule has 8 heteroatoms. The van der Waals surface area contributed by atoms with Crippen molar-refractivity contribution in [3.8, 4) is 27.7 Å². The third-order valence-electron chi connectivity index (χ3n) is 4.83. The Kier molecular flexibility index (Phi) is 7.62. The van der Waals surface area contributed by atoms with E-state index in [0.29, 0.717) is 31.9 Å². The molecule has 1 N–H and O–H groups in total. The summed E-state index contributed by atoms with van der Waals surface area (Å²) in [5, 5.41) is 5.82. The Balaban J connectivity index is 1.92. The van der Waals surface area contributed by atoms with Crippen LogP contribution in [-0.4, -0.2) is 56.5 Å². The van der Waals surface area contributed by atoms with Gasteiger partial charge in [-0.05, 0) is 37.3 Å². The number of hydrogen-bond acceptors (Lipinski definition) is 6. The van der Waals surface area contributed by atoms with Gasteiger partial charge in [-0.1, -0.05) is 0 Å². The van der Waals surface area contributed by atoms with Crippen molar-refractivity contribution in [2.24, 2.45) is 0 Å². The van der Waals surface area contributed by atoms with Crippen LogP contribution in [0.3, 0.4) is 0 Å². The van der Waals surface area contributed by atoms with Crippen molar-refractivity contribution >= 4 is 17.2 Å². The zero-order chi connectivity index (χ0) is 21.5. The van der Waals surface area contributed by atoms with Crippen molar-refractivity contribution in [2.75, 3.05) is 41.1 Å². The Bertz CT molecular complexity index is 979. The molecule has 0 fully saturated rings. The maximum atomic E-state index is 12.7. The summed E-state index contributed by atoms with van der Waals surface area (Å²) in [7, 11) is 4.93. The number of rotatable bonds is 10. The molecule has 1 amide bonds. The minimum absolute atomic E-state index is 0.118. The van der Waals surface area contributed by atoms with Crippen LogP contribution in [0, 0.1) is 6.92 Å². The molecule has 0 saturated carbocycles. The fourth-order valence-electron chi connectivity index (χ4n) is 3.18. The van der Waals surface area contributed by atoms with Crippen molar-refractivity contribution < 1.29 is 19.0 Å². The maximum absolute atomic E-state index is 12.7. The number of hydrogen-bond donors (Lipinski definition) is 1. The highest BCUT2D eigenvalue weighted by atomic mass is 32.1. The molecule has 0 atom stereocenters. The lowest BCUT2D eigenvalue weighted by Gasteiger charge is -2.10. The summed E-state index contributed by atoms with van der Waals surface area (Å²) in [6, 6.07) is 9.73. The predicted octanol–water partition coefficient (Wildman–Crippen LogP) is 3.62. The number of nitrogens with zero attached hydrogens (tertiary/aromatic N) is 2. The number of carbonyl (C=O) groups excluding carboxylic acids is 1. The average molecular weight is 430 g/mol. The van der Waals surface area contributed by atoms with Gasteiger partial charge in [-0.2, -0.15) is 0 Å². The van der Waals surface area contributed by atoms with Gasteiger partial charge in [0.05, 0.1) is 37.3 Å². The van der Waals surface area contributed by atoms with Crippen LogP contribution >= 0.6 is 11.3 Å². The normalized spacial score (nSPS) is 10.9. The molecule has 0 aliphatic rings. The second-order valence-corrected chi connectivity index (χ2v) is 7.55. The van der Waals surface area contributed by atoms with Gasteiger partial charge in [0.15, 0.2) is 0 Å². The first-order chi connectivity index (χ1) is 14.6. The molecular formula is C22H27N3O4S. The summed E-state index contributed by atoms with van der Waals surface area (Å²) in [6.07, 6.45) is 0. The molecule has 3 aromatic rings. The third-order valence-corrected chi connectivity index (χ3v) is 5.72. The van der Waals surface area contributed by atoms with Crippen LogP contribution in [0.2, 0.25) is 0 Å². The Hall–Kier alpha value is -2.68. The van der Waals surface area contributed by atoms with Crippen LogP contribution < -0.4 is 10.1 Å². The minimum Gasteiger partial charge on any atom is -0.497 e. The highest BCUT2D eigenvalue weighted by molar-refractivity contribution is 7.13. The first-order valence-corrected chi connectivity index (χ1v) is 10.5. The quantitative estimate of drug-likeness (QED) is 0.498. The lowest BCUT2D eigenvalue weighted by Crippen LogP contribution is -2.27. The van der Waals surface area contributed by atoms with Gasteiger partial charge in [0.25, 0.3) is 5.91 Å². The molecule has 0 aliphatic carbocycles. The summed E-state index contributed by atoms with van der Waals surface area (Å²) in [5.74, 6) is 0.691. The molecule has 0 aliphatic heterocycles. The van der Waals surface area contributed by atoms with Crippen LogP contribution in [0.4, 0.5) is 0 Å². The molecule has 0 bridgehead atoms. The third kappa shape index (κ3) is 4.89. The number of amides is 1. The Morgan fingerprint density at radius 3 is 2.53 bits per heavy atom. The second-order valence-electron chi connectivity index (χ2n) is 6.69. The van der Waals surface area contributed by atoms with Crippen molar-refractivity contribution in [2.45, 2.75) is 13.5 Å². The topological polar surface area (TPSA) is 74.6 Å². The van der Waals surface area contributed by atoms with Crippen molar-refractivity contribution in [1.82, 2.24) is 14.9 Å². The van der Waals surface area contributed by atoms with Gasteiger partial charge in [0.1, 0.15) is 10.8 Å². The van der Waals surface area contributed by atoms with Gasteiger partial charge in [0, 0.05) is 43.9 Å². The molecule has 0 spiro atoms. The first-order valence-electron chi connectivity index (χ1n) is 9.65. The standard InChI is InChI=1S/C22H27N3O4S/c1-15-18(21(26)23-9-11-27-2)13-20(25(15)10-12-28-3)19-14-30-22(24-19)16-5-7-17(29-4)8-6-16/h5-8,13-14H,9-12H2,1-4H3,(H,23,26). The van der Waals surface area contributed by atoms with E-state index in [2.05, 4.69) is 9.88 Å². The van der Waals surface area contributed by atoms with Crippen LogP contribution in [-0.2, 0) is 16.0 Å². The molecule has 0 radical (unpaired) electrons. The summed E-state index contributed by atoms with van der Waals surface area (Å²) in [4.78, 5) is 17.5. The van der Waals surface area contributed by atoms with Gasteiger partial charge in [-0.15, -0.1) is 11.3 Å². The lowest BCUT2D eigenvalue weighted by atomic mass is 10.2. The predicted molar refractivity (Wildman–Crippen MR) is 118 cm³/mol. The summed E-state index contributed by atoms with van der Waals surface area (Å²) < 4.78 is 17.6. The van der Waals surface area contributed by atoms with E-state index in [4.69, 9.17) is 19.2 Å². The highest BCUT2D eigenvalue weighted by Crippen LogP contribution is 2.32. The van der Waals surface area contributed by atoms with Crippen LogP contribution in [0.5, 0.6) is 5.75 Å². The molecule has 3 rings (SSSR count). The highest BCUT2D eigenvalue weighted by Gasteiger charge is 2.20. The Morgan fingerprint density at radius 2 is 1.87 bits per heavy atom. The van der Waals surface area contributed by atoms with E-state index < -0.39 is 0 Å². The zero-order valence-corrected chi connectivity index (χ0v) is 18.5. The monoisotopic (exact) mass is 429 g/mol. The van der Waals surface area contributed by atoms with Gasteiger partial charge >= 0.3 is 0 Å². The van der Waals surface area contributed by atoms with Crippen molar-refractivity contribution in [1.29, 1.82) is 0 Å². The number of nitrogens with one attached hydrogen (secondary N) is 1. The van der Waals surface area contributed by atoms with Crippen LogP contribution in [0.25, 0.3) is 22.0 Å². The Labute approximate surface area is 180 Å². The largest absolute Gasteiger partial charge is 0.497 e.